The molecule has 2 N–H and O–H groups in total. The lowest BCUT2D eigenvalue weighted by Gasteiger charge is -2.17. The van der Waals surface area contributed by atoms with E-state index in [1.807, 2.05) is 0 Å². The normalized spacial score (nSPS) is 13.0. The highest BCUT2D eigenvalue weighted by molar-refractivity contribution is 5.85. The number of carbonyl (C=O) groups excluding carboxylic acids is 1. The molecule has 0 bridgehead atoms. The molecule has 0 radical (unpaired) electrons. The quantitative estimate of drug-likeness (QED) is 0.848. The van der Waals surface area contributed by atoms with E-state index in [1.165, 1.54) is 18.2 Å². The van der Waals surface area contributed by atoms with Crippen molar-refractivity contribution in [2.45, 2.75) is 38.9 Å². The number of amides is 1. The van der Waals surface area contributed by atoms with Gasteiger partial charge in [-0.2, -0.15) is 13.2 Å². The van der Waals surface area contributed by atoms with Crippen LogP contribution in [0.5, 0.6) is 0 Å². The minimum absolute atomic E-state index is 0.0314. The fraction of sp³-hybridized carbons (Fsp3) is 0.467. The van der Waals surface area contributed by atoms with E-state index in [2.05, 4.69) is 5.32 Å². The molecule has 7 heteroatoms. The standard InChI is InChI=1S/C15H18F3NO3/c1-9(2)7-12(14(21)22)19-13(20)8-10-5-3-4-6-11(10)15(16,17)18/h3-6,9,12H,7-8H2,1-2H3,(H,19,20)(H,21,22)/t12-/m1/s1. The maximum atomic E-state index is 12.8. The van der Waals surface area contributed by atoms with Crippen molar-refractivity contribution in [1.82, 2.24) is 5.32 Å². The Labute approximate surface area is 126 Å². The molecule has 1 atom stereocenters. The summed E-state index contributed by atoms with van der Waals surface area (Å²) in [6.07, 6.45) is -4.86. The summed E-state index contributed by atoms with van der Waals surface area (Å²) < 4.78 is 38.5. The van der Waals surface area contributed by atoms with Gasteiger partial charge in [0.05, 0.1) is 12.0 Å². The third kappa shape index (κ3) is 5.38. The topological polar surface area (TPSA) is 66.4 Å². The molecule has 0 aliphatic rings. The molecule has 122 valence electrons. The molecule has 1 aromatic rings. The van der Waals surface area contributed by atoms with Crippen molar-refractivity contribution < 1.29 is 27.9 Å². The number of aliphatic carboxylic acids is 1. The van der Waals surface area contributed by atoms with Gasteiger partial charge in [0.15, 0.2) is 0 Å². The predicted molar refractivity (Wildman–Crippen MR) is 74.2 cm³/mol. The average molecular weight is 317 g/mol. The first-order valence-electron chi connectivity index (χ1n) is 6.78. The number of carbonyl (C=O) groups is 2. The summed E-state index contributed by atoms with van der Waals surface area (Å²) in [7, 11) is 0. The van der Waals surface area contributed by atoms with Gasteiger partial charge in [0, 0.05) is 0 Å². The van der Waals surface area contributed by atoms with Crippen LogP contribution in [0, 0.1) is 5.92 Å². The number of alkyl halides is 3. The van der Waals surface area contributed by atoms with Gasteiger partial charge in [-0.05, 0) is 24.0 Å². The molecule has 0 aromatic heterocycles. The Morgan fingerprint density at radius 1 is 1.23 bits per heavy atom. The fourth-order valence-corrected chi connectivity index (χ4v) is 2.06. The highest BCUT2D eigenvalue weighted by Gasteiger charge is 2.33. The number of nitrogens with one attached hydrogen (secondary N) is 1. The summed E-state index contributed by atoms with van der Waals surface area (Å²) in [5, 5.41) is 11.3. The van der Waals surface area contributed by atoms with E-state index < -0.39 is 36.1 Å². The Kier molecular flexibility index (Phi) is 5.96. The van der Waals surface area contributed by atoms with Gasteiger partial charge in [-0.25, -0.2) is 4.79 Å². The molecule has 0 aliphatic carbocycles. The van der Waals surface area contributed by atoms with E-state index in [9.17, 15) is 22.8 Å². The van der Waals surface area contributed by atoms with Crippen LogP contribution in [0.4, 0.5) is 13.2 Å². The van der Waals surface area contributed by atoms with Crippen molar-refractivity contribution in [2.75, 3.05) is 0 Å². The van der Waals surface area contributed by atoms with Crippen LogP contribution in [0.3, 0.4) is 0 Å². The van der Waals surface area contributed by atoms with Crippen LogP contribution in [0.15, 0.2) is 24.3 Å². The number of hydrogen-bond acceptors (Lipinski definition) is 2. The first-order chi connectivity index (χ1) is 10.1. The minimum atomic E-state index is -4.55. The van der Waals surface area contributed by atoms with Gasteiger partial charge >= 0.3 is 12.1 Å². The van der Waals surface area contributed by atoms with Crippen LogP contribution in [0.25, 0.3) is 0 Å². The molecule has 22 heavy (non-hydrogen) atoms. The van der Waals surface area contributed by atoms with Gasteiger partial charge in [0.25, 0.3) is 0 Å². The second kappa shape index (κ2) is 7.29. The Balaban J connectivity index is 2.83. The van der Waals surface area contributed by atoms with Gasteiger partial charge < -0.3 is 10.4 Å². The molecular formula is C15H18F3NO3. The lowest BCUT2D eigenvalue weighted by Crippen LogP contribution is -2.42. The van der Waals surface area contributed by atoms with Crippen molar-refractivity contribution in [3.63, 3.8) is 0 Å². The highest BCUT2D eigenvalue weighted by Crippen LogP contribution is 2.32. The summed E-state index contributed by atoms with van der Waals surface area (Å²) >= 11 is 0. The highest BCUT2D eigenvalue weighted by atomic mass is 19.4. The van der Waals surface area contributed by atoms with E-state index >= 15 is 0 Å². The maximum absolute atomic E-state index is 12.8. The monoisotopic (exact) mass is 317 g/mol. The number of rotatable bonds is 6. The molecule has 0 spiro atoms. The fourth-order valence-electron chi connectivity index (χ4n) is 2.06. The van der Waals surface area contributed by atoms with Crippen LogP contribution < -0.4 is 5.32 Å². The van der Waals surface area contributed by atoms with Gasteiger partial charge in [-0.1, -0.05) is 32.0 Å². The molecule has 1 rings (SSSR count). The predicted octanol–water partition coefficient (Wildman–Crippen LogP) is 2.86. The SMILES string of the molecule is CC(C)C[C@@H](NC(=O)Cc1ccccc1C(F)(F)F)C(=O)O. The molecule has 1 aromatic carbocycles. The lowest BCUT2D eigenvalue weighted by atomic mass is 10.0. The molecule has 0 saturated heterocycles. The number of carboxylic acid groups (broad SMARTS) is 1. The van der Waals surface area contributed by atoms with Crippen molar-refractivity contribution >= 4 is 11.9 Å². The van der Waals surface area contributed by atoms with Gasteiger partial charge in [-0.3, -0.25) is 4.79 Å². The summed E-state index contributed by atoms with van der Waals surface area (Å²) in [5.41, 5.74) is -1.07. The maximum Gasteiger partial charge on any atom is 0.416 e. The molecule has 1 amide bonds. The zero-order valence-electron chi connectivity index (χ0n) is 12.3. The van der Waals surface area contributed by atoms with Crippen LogP contribution in [-0.2, 0) is 22.2 Å². The van der Waals surface area contributed by atoms with E-state index in [0.29, 0.717) is 0 Å². The molecule has 0 fully saturated rings. The molecule has 4 nitrogen and oxygen atoms in total. The average Bonchev–Trinajstić information content (AvgIpc) is 2.36. The van der Waals surface area contributed by atoms with Crippen molar-refractivity contribution in [3.05, 3.63) is 35.4 Å². The Bertz CT molecular complexity index is 541. The second-order valence-electron chi connectivity index (χ2n) is 5.42. The number of carboxylic acids is 1. The zero-order valence-corrected chi connectivity index (χ0v) is 12.3. The first kappa shape index (κ1) is 18.0. The summed E-state index contributed by atoms with van der Waals surface area (Å²) in [6.45, 7) is 3.59. The lowest BCUT2D eigenvalue weighted by molar-refractivity contribution is -0.142. The molecular weight excluding hydrogens is 299 g/mol. The van der Waals surface area contributed by atoms with Crippen molar-refractivity contribution in [1.29, 1.82) is 0 Å². The summed E-state index contributed by atoms with van der Waals surface area (Å²) in [6, 6.07) is 3.64. The van der Waals surface area contributed by atoms with Gasteiger partial charge in [0.2, 0.25) is 5.91 Å². The van der Waals surface area contributed by atoms with Crippen molar-refractivity contribution in [2.24, 2.45) is 5.92 Å². The van der Waals surface area contributed by atoms with Crippen molar-refractivity contribution in [3.8, 4) is 0 Å². The van der Waals surface area contributed by atoms with Crippen LogP contribution >= 0.6 is 0 Å². The van der Waals surface area contributed by atoms with Crippen LogP contribution in [0.2, 0.25) is 0 Å². The van der Waals surface area contributed by atoms with Gasteiger partial charge in [0.1, 0.15) is 6.04 Å². The first-order valence-corrected chi connectivity index (χ1v) is 6.78. The minimum Gasteiger partial charge on any atom is -0.480 e. The van der Waals surface area contributed by atoms with Crippen LogP contribution in [-0.4, -0.2) is 23.0 Å². The summed E-state index contributed by atoms with van der Waals surface area (Å²) in [4.78, 5) is 22.9. The molecule has 0 unspecified atom stereocenters. The number of hydrogen-bond donors (Lipinski definition) is 2. The second-order valence-corrected chi connectivity index (χ2v) is 5.42. The summed E-state index contributed by atoms with van der Waals surface area (Å²) in [5.74, 6) is -1.92. The Hall–Kier alpha value is -2.05. The third-order valence-electron chi connectivity index (χ3n) is 3.01. The number of benzene rings is 1. The number of halogens is 3. The van der Waals surface area contributed by atoms with E-state index in [0.717, 1.165) is 6.07 Å². The molecule has 0 heterocycles. The van der Waals surface area contributed by atoms with E-state index in [1.54, 1.807) is 13.8 Å². The van der Waals surface area contributed by atoms with E-state index in [4.69, 9.17) is 5.11 Å². The van der Waals surface area contributed by atoms with E-state index in [-0.39, 0.29) is 17.9 Å². The third-order valence-corrected chi connectivity index (χ3v) is 3.01. The van der Waals surface area contributed by atoms with Crippen LogP contribution in [0.1, 0.15) is 31.4 Å². The van der Waals surface area contributed by atoms with Gasteiger partial charge in [-0.15, -0.1) is 0 Å². The largest absolute Gasteiger partial charge is 0.480 e. The smallest absolute Gasteiger partial charge is 0.416 e. The Morgan fingerprint density at radius 2 is 1.82 bits per heavy atom. The molecule has 0 aliphatic heterocycles. The zero-order chi connectivity index (χ0) is 16.9. The Morgan fingerprint density at radius 3 is 2.32 bits per heavy atom. The molecule has 0 saturated carbocycles.